The fourth-order valence-corrected chi connectivity index (χ4v) is 3.47. The molecule has 1 saturated heterocycles. The summed E-state index contributed by atoms with van der Waals surface area (Å²) in [7, 11) is 0. The summed E-state index contributed by atoms with van der Waals surface area (Å²) in [5.41, 5.74) is 6.39. The van der Waals surface area contributed by atoms with Gasteiger partial charge in [-0.1, -0.05) is 23.2 Å². The van der Waals surface area contributed by atoms with Gasteiger partial charge in [-0.2, -0.15) is 0 Å². The summed E-state index contributed by atoms with van der Waals surface area (Å²) in [5, 5.41) is 5.92. The molecule has 1 aliphatic rings. The number of nitrogens with two attached hydrogens (primary N) is 1. The summed E-state index contributed by atoms with van der Waals surface area (Å²) in [4.78, 5) is 38.0. The molecule has 0 radical (unpaired) electrons. The van der Waals surface area contributed by atoms with Gasteiger partial charge in [-0.25, -0.2) is 4.79 Å². The van der Waals surface area contributed by atoms with Gasteiger partial charge in [-0.3, -0.25) is 9.59 Å². The lowest BCUT2D eigenvalue weighted by molar-refractivity contribution is -0.119. The molecule has 1 aliphatic heterocycles. The third-order valence-corrected chi connectivity index (χ3v) is 4.96. The third kappa shape index (κ3) is 4.55. The molecule has 0 aliphatic carbocycles. The van der Waals surface area contributed by atoms with E-state index in [1.54, 1.807) is 36.4 Å². The fraction of sp³-hybridized carbons (Fsp3) is 0.211. The maximum atomic E-state index is 12.9. The minimum Gasteiger partial charge on any atom is -0.351 e. The Kier molecular flexibility index (Phi) is 6.06. The topological polar surface area (TPSA) is 105 Å². The summed E-state index contributed by atoms with van der Waals surface area (Å²) in [5.74, 6) is -0.620. The lowest BCUT2D eigenvalue weighted by atomic mass is 10.1. The van der Waals surface area contributed by atoms with Crippen molar-refractivity contribution >= 4 is 52.4 Å². The number of carbonyl (C=O) groups excluding carboxylic acids is 3. The minimum absolute atomic E-state index is 0.274. The molecule has 2 aromatic rings. The molecule has 4 amide bonds. The number of urea groups is 1. The Bertz CT molecular complexity index is 918. The van der Waals surface area contributed by atoms with Crippen molar-refractivity contribution in [3.8, 4) is 0 Å². The van der Waals surface area contributed by atoms with E-state index < -0.39 is 12.1 Å². The number of halogens is 2. The van der Waals surface area contributed by atoms with E-state index in [0.717, 1.165) is 0 Å². The molecule has 1 heterocycles. The van der Waals surface area contributed by atoms with E-state index in [-0.39, 0.29) is 22.4 Å². The molecule has 146 valence electrons. The van der Waals surface area contributed by atoms with Gasteiger partial charge in [0.15, 0.2) is 0 Å². The van der Waals surface area contributed by atoms with Crippen LogP contribution >= 0.6 is 23.2 Å². The molecule has 1 atom stereocenters. The number of nitrogens with one attached hydrogen (secondary N) is 2. The summed E-state index contributed by atoms with van der Waals surface area (Å²) >= 11 is 12.1. The van der Waals surface area contributed by atoms with Crippen LogP contribution in [0.2, 0.25) is 10.0 Å². The lowest BCUT2D eigenvalue weighted by Gasteiger charge is -2.24. The quantitative estimate of drug-likeness (QED) is 0.701. The molecular weight excluding hydrogens is 403 g/mol. The van der Waals surface area contributed by atoms with Crippen LogP contribution in [0, 0.1) is 0 Å². The van der Waals surface area contributed by atoms with Crippen molar-refractivity contribution in [1.29, 1.82) is 0 Å². The van der Waals surface area contributed by atoms with Crippen molar-refractivity contribution in [1.82, 2.24) is 4.90 Å². The van der Waals surface area contributed by atoms with Gasteiger partial charge in [0.1, 0.15) is 6.04 Å². The van der Waals surface area contributed by atoms with E-state index in [9.17, 15) is 14.4 Å². The molecule has 9 heteroatoms. The number of hydrogen-bond donors (Lipinski definition) is 3. The first kappa shape index (κ1) is 20.0. The summed E-state index contributed by atoms with van der Waals surface area (Å²) < 4.78 is 0. The maximum Gasteiger partial charge on any atom is 0.316 e. The average Bonchev–Trinajstić information content (AvgIpc) is 3.14. The first-order valence-electron chi connectivity index (χ1n) is 8.58. The van der Waals surface area contributed by atoms with Crippen LogP contribution in [0.15, 0.2) is 42.5 Å². The Morgan fingerprint density at radius 2 is 1.64 bits per heavy atom. The number of amides is 4. The average molecular weight is 421 g/mol. The standard InChI is InChI=1S/C19H18Cl2N4O3/c20-11-3-8-15(21)14(10-11)18(27)25-9-1-2-16(25)17(26)23-12-4-6-13(7-5-12)24-19(22)28/h3-8,10,16H,1-2,9H2,(H,23,26)(H3,22,24,28). The van der Waals surface area contributed by atoms with Gasteiger partial charge in [-0.05, 0) is 55.3 Å². The highest BCUT2D eigenvalue weighted by atomic mass is 35.5. The Hall–Kier alpha value is -2.77. The first-order chi connectivity index (χ1) is 13.3. The normalized spacial score (nSPS) is 15.9. The van der Waals surface area contributed by atoms with Gasteiger partial charge in [0.25, 0.3) is 5.91 Å². The van der Waals surface area contributed by atoms with Crippen molar-refractivity contribution in [2.45, 2.75) is 18.9 Å². The van der Waals surface area contributed by atoms with Crippen LogP contribution in [0.25, 0.3) is 0 Å². The molecule has 0 aromatic heterocycles. The van der Waals surface area contributed by atoms with Gasteiger partial charge < -0.3 is 21.3 Å². The molecule has 0 bridgehead atoms. The SMILES string of the molecule is NC(=O)Nc1ccc(NC(=O)C2CCCN2C(=O)c2cc(Cl)ccc2Cl)cc1. The van der Waals surface area contributed by atoms with Crippen LogP contribution in [0.1, 0.15) is 23.2 Å². The smallest absolute Gasteiger partial charge is 0.316 e. The van der Waals surface area contributed by atoms with Gasteiger partial charge in [-0.15, -0.1) is 0 Å². The Balaban J connectivity index is 1.71. The predicted octanol–water partition coefficient (Wildman–Crippen LogP) is 3.73. The second-order valence-corrected chi connectivity index (χ2v) is 7.18. The number of primary amides is 1. The van der Waals surface area contributed by atoms with E-state index in [1.165, 1.54) is 11.0 Å². The zero-order chi connectivity index (χ0) is 20.3. The number of hydrogen-bond acceptors (Lipinski definition) is 3. The fourth-order valence-electron chi connectivity index (χ4n) is 3.10. The second-order valence-electron chi connectivity index (χ2n) is 6.34. The molecule has 28 heavy (non-hydrogen) atoms. The largest absolute Gasteiger partial charge is 0.351 e. The number of benzene rings is 2. The Labute approximate surface area is 171 Å². The van der Waals surface area contributed by atoms with Crippen molar-refractivity contribution in [2.24, 2.45) is 5.73 Å². The van der Waals surface area contributed by atoms with Crippen LogP contribution in [-0.2, 0) is 4.79 Å². The number of rotatable bonds is 4. The van der Waals surface area contributed by atoms with Crippen LogP contribution in [-0.4, -0.2) is 35.3 Å². The molecule has 4 N–H and O–H groups in total. The van der Waals surface area contributed by atoms with Crippen molar-refractivity contribution in [3.63, 3.8) is 0 Å². The van der Waals surface area contributed by atoms with E-state index in [1.807, 2.05) is 0 Å². The summed E-state index contributed by atoms with van der Waals surface area (Å²) in [6, 6.07) is 9.89. The Morgan fingerprint density at radius 1 is 1.00 bits per heavy atom. The van der Waals surface area contributed by atoms with Crippen molar-refractivity contribution < 1.29 is 14.4 Å². The van der Waals surface area contributed by atoms with Gasteiger partial charge >= 0.3 is 6.03 Å². The van der Waals surface area contributed by atoms with Crippen LogP contribution in [0.4, 0.5) is 16.2 Å². The van der Waals surface area contributed by atoms with Crippen LogP contribution < -0.4 is 16.4 Å². The molecular formula is C19H18Cl2N4O3. The minimum atomic E-state index is -0.670. The van der Waals surface area contributed by atoms with Crippen molar-refractivity contribution in [2.75, 3.05) is 17.2 Å². The number of anilines is 2. The van der Waals surface area contributed by atoms with Gasteiger partial charge in [0.2, 0.25) is 5.91 Å². The number of carbonyl (C=O) groups is 3. The highest BCUT2D eigenvalue weighted by Gasteiger charge is 2.35. The van der Waals surface area contributed by atoms with Crippen molar-refractivity contribution in [3.05, 3.63) is 58.1 Å². The molecule has 1 unspecified atom stereocenters. The monoisotopic (exact) mass is 420 g/mol. The third-order valence-electron chi connectivity index (χ3n) is 4.40. The molecule has 2 aromatic carbocycles. The van der Waals surface area contributed by atoms with E-state index in [0.29, 0.717) is 35.8 Å². The highest BCUT2D eigenvalue weighted by molar-refractivity contribution is 6.35. The molecule has 7 nitrogen and oxygen atoms in total. The molecule has 3 rings (SSSR count). The summed E-state index contributed by atoms with van der Waals surface area (Å²) in [6.45, 7) is 0.460. The second kappa shape index (κ2) is 8.50. The first-order valence-corrected chi connectivity index (χ1v) is 9.34. The number of likely N-dealkylation sites (tertiary alicyclic amines) is 1. The Morgan fingerprint density at radius 3 is 2.29 bits per heavy atom. The van der Waals surface area contributed by atoms with E-state index in [4.69, 9.17) is 28.9 Å². The van der Waals surface area contributed by atoms with E-state index >= 15 is 0 Å². The molecule has 0 saturated carbocycles. The maximum absolute atomic E-state index is 12.9. The van der Waals surface area contributed by atoms with Gasteiger partial charge in [0.05, 0.1) is 10.6 Å². The van der Waals surface area contributed by atoms with E-state index in [2.05, 4.69) is 10.6 Å². The molecule has 0 spiro atoms. The highest BCUT2D eigenvalue weighted by Crippen LogP contribution is 2.27. The predicted molar refractivity (Wildman–Crippen MR) is 109 cm³/mol. The zero-order valence-electron chi connectivity index (χ0n) is 14.7. The lowest BCUT2D eigenvalue weighted by Crippen LogP contribution is -2.43. The van der Waals surface area contributed by atoms with Gasteiger partial charge in [0, 0.05) is 22.9 Å². The van der Waals surface area contributed by atoms with Crippen LogP contribution in [0.3, 0.4) is 0 Å². The zero-order valence-corrected chi connectivity index (χ0v) is 16.3. The van der Waals surface area contributed by atoms with Crippen LogP contribution in [0.5, 0.6) is 0 Å². The molecule has 1 fully saturated rings. The number of nitrogens with zero attached hydrogens (tertiary/aromatic N) is 1. The summed E-state index contributed by atoms with van der Waals surface area (Å²) in [6.07, 6.45) is 1.26.